The number of rotatable bonds is 10. The fourth-order valence-electron chi connectivity index (χ4n) is 3.43. The van der Waals surface area contributed by atoms with Crippen LogP contribution in [0, 0.1) is 0 Å². The molecule has 8 heteroatoms. The lowest BCUT2D eigenvalue weighted by Gasteiger charge is -2.31. The van der Waals surface area contributed by atoms with Gasteiger partial charge in [0.1, 0.15) is 18.0 Å². The van der Waals surface area contributed by atoms with Crippen LogP contribution in [-0.2, 0) is 14.4 Å². The van der Waals surface area contributed by atoms with E-state index in [9.17, 15) is 14.4 Å². The number of likely N-dealkylation sites (N-methyl/N-ethyl adjacent to an activating group) is 1. The van der Waals surface area contributed by atoms with Crippen molar-refractivity contribution in [3.63, 3.8) is 0 Å². The van der Waals surface area contributed by atoms with E-state index in [0.29, 0.717) is 49.7 Å². The van der Waals surface area contributed by atoms with Crippen molar-refractivity contribution < 1.29 is 23.9 Å². The summed E-state index contributed by atoms with van der Waals surface area (Å²) in [5.41, 5.74) is 1.02. The van der Waals surface area contributed by atoms with Gasteiger partial charge in [-0.3, -0.25) is 19.3 Å². The molecular weight excluding hydrogens is 410 g/mol. The van der Waals surface area contributed by atoms with Crippen LogP contribution in [-0.4, -0.2) is 55.5 Å². The molecule has 1 aliphatic heterocycles. The molecule has 0 aliphatic carbocycles. The number of hydrogen-bond donors (Lipinski definition) is 1. The summed E-state index contributed by atoms with van der Waals surface area (Å²) < 4.78 is 11.1. The van der Waals surface area contributed by atoms with Crippen LogP contribution in [0.15, 0.2) is 48.5 Å². The van der Waals surface area contributed by atoms with E-state index in [4.69, 9.17) is 9.47 Å². The van der Waals surface area contributed by atoms with Crippen molar-refractivity contribution in [3.05, 3.63) is 48.5 Å². The van der Waals surface area contributed by atoms with Crippen LogP contribution in [0.4, 0.5) is 11.4 Å². The second kappa shape index (κ2) is 11.2. The summed E-state index contributed by atoms with van der Waals surface area (Å²) >= 11 is 0. The van der Waals surface area contributed by atoms with Gasteiger partial charge in [0.05, 0.1) is 12.3 Å². The van der Waals surface area contributed by atoms with Crippen LogP contribution in [0.1, 0.15) is 26.7 Å². The highest BCUT2D eigenvalue weighted by Crippen LogP contribution is 2.34. The first-order chi connectivity index (χ1) is 15.5. The number of hydrogen-bond acceptors (Lipinski definition) is 5. The Labute approximate surface area is 188 Å². The first kappa shape index (κ1) is 23.1. The predicted octanol–water partition coefficient (Wildman–Crippen LogP) is 3.08. The summed E-state index contributed by atoms with van der Waals surface area (Å²) in [5.74, 6) is 0.692. The van der Waals surface area contributed by atoms with Gasteiger partial charge in [-0.15, -0.1) is 0 Å². The molecule has 2 aromatic rings. The van der Waals surface area contributed by atoms with E-state index in [1.807, 2.05) is 44.2 Å². The largest absolute Gasteiger partial charge is 0.494 e. The molecule has 3 rings (SSSR count). The zero-order valence-electron chi connectivity index (χ0n) is 18.5. The lowest BCUT2D eigenvalue weighted by atomic mass is 10.2. The Morgan fingerprint density at radius 1 is 1.12 bits per heavy atom. The fourth-order valence-corrected chi connectivity index (χ4v) is 3.43. The van der Waals surface area contributed by atoms with Crippen molar-refractivity contribution >= 4 is 29.1 Å². The molecule has 1 aliphatic rings. The van der Waals surface area contributed by atoms with Crippen molar-refractivity contribution in [1.82, 2.24) is 4.90 Å². The van der Waals surface area contributed by atoms with E-state index in [-0.39, 0.29) is 30.9 Å². The molecule has 1 N–H and O–H groups in total. The van der Waals surface area contributed by atoms with Crippen LogP contribution in [0.3, 0.4) is 0 Å². The Hall–Kier alpha value is -3.55. The third kappa shape index (κ3) is 6.00. The van der Waals surface area contributed by atoms with Gasteiger partial charge in [-0.1, -0.05) is 18.2 Å². The third-order valence-electron chi connectivity index (χ3n) is 5.16. The maximum absolute atomic E-state index is 12.6. The molecule has 1 heterocycles. The number of fused-ring (bicyclic) bond motifs is 1. The number of ether oxygens (including phenoxy) is 2. The van der Waals surface area contributed by atoms with Crippen LogP contribution in [0.5, 0.6) is 11.5 Å². The molecule has 32 heavy (non-hydrogen) atoms. The van der Waals surface area contributed by atoms with Gasteiger partial charge in [0.2, 0.25) is 11.8 Å². The minimum absolute atomic E-state index is 0.0644. The van der Waals surface area contributed by atoms with Crippen LogP contribution >= 0.6 is 0 Å². The molecule has 0 saturated carbocycles. The number of amides is 3. The molecule has 0 fully saturated rings. The van der Waals surface area contributed by atoms with Gasteiger partial charge < -0.3 is 19.7 Å². The first-order valence-corrected chi connectivity index (χ1v) is 10.8. The van der Waals surface area contributed by atoms with Gasteiger partial charge in [0.15, 0.2) is 6.61 Å². The van der Waals surface area contributed by atoms with Crippen molar-refractivity contribution in [2.24, 2.45) is 0 Å². The Balaban J connectivity index is 1.59. The fraction of sp³-hybridized carbons (Fsp3) is 0.375. The van der Waals surface area contributed by atoms with E-state index < -0.39 is 0 Å². The van der Waals surface area contributed by atoms with Crippen LogP contribution in [0.25, 0.3) is 0 Å². The summed E-state index contributed by atoms with van der Waals surface area (Å²) in [5, 5.41) is 2.84. The average molecular weight is 440 g/mol. The van der Waals surface area contributed by atoms with Gasteiger partial charge in [-0.05, 0) is 50.6 Å². The summed E-state index contributed by atoms with van der Waals surface area (Å²) in [4.78, 5) is 40.4. The molecule has 0 aromatic heterocycles. The molecule has 3 amide bonds. The Morgan fingerprint density at radius 3 is 2.59 bits per heavy atom. The molecule has 2 aromatic carbocycles. The number of carbonyl (C=O) groups excluding carboxylic acids is 3. The summed E-state index contributed by atoms with van der Waals surface area (Å²) in [6.07, 6.45) is 0.862. The highest BCUT2D eigenvalue weighted by molar-refractivity contribution is 6.03. The summed E-state index contributed by atoms with van der Waals surface area (Å²) in [6.45, 7) is 5.20. The summed E-state index contributed by atoms with van der Waals surface area (Å²) in [7, 11) is 0. The first-order valence-electron chi connectivity index (χ1n) is 10.8. The van der Waals surface area contributed by atoms with Gasteiger partial charge in [-0.25, -0.2) is 0 Å². The van der Waals surface area contributed by atoms with E-state index in [2.05, 4.69) is 5.32 Å². The quantitative estimate of drug-likeness (QED) is 0.575. The molecular formula is C24H29N3O5. The molecule has 0 unspecified atom stereocenters. The smallest absolute Gasteiger partial charge is 0.265 e. The average Bonchev–Trinajstić information content (AvgIpc) is 2.80. The highest BCUT2D eigenvalue weighted by Gasteiger charge is 2.29. The number of nitrogens with one attached hydrogen (secondary N) is 1. The molecule has 0 atom stereocenters. The lowest BCUT2D eigenvalue weighted by Crippen LogP contribution is -2.46. The number of para-hydroxylation sites is 1. The lowest BCUT2D eigenvalue weighted by molar-refractivity contribution is -0.131. The van der Waals surface area contributed by atoms with Crippen molar-refractivity contribution in [1.29, 1.82) is 0 Å². The normalized spacial score (nSPS) is 12.6. The number of carbonyl (C=O) groups is 3. The van der Waals surface area contributed by atoms with Crippen LogP contribution in [0.2, 0.25) is 0 Å². The van der Waals surface area contributed by atoms with E-state index in [1.165, 1.54) is 4.90 Å². The topological polar surface area (TPSA) is 88.2 Å². The van der Waals surface area contributed by atoms with E-state index in [1.54, 1.807) is 23.1 Å². The molecule has 0 radical (unpaired) electrons. The van der Waals surface area contributed by atoms with Crippen molar-refractivity contribution in [2.45, 2.75) is 26.7 Å². The number of nitrogens with zero attached hydrogens (tertiary/aromatic N) is 2. The van der Waals surface area contributed by atoms with E-state index >= 15 is 0 Å². The van der Waals surface area contributed by atoms with Gasteiger partial charge in [0.25, 0.3) is 5.91 Å². The third-order valence-corrected chi connectivity index (χ3v) is 5.16. The molecule has 0 bridgehead atoms. The summed E-state index contributed by atoms with van der Waals surface area (Å²) in [6, 6.07) is 14.5. The van der Waals surface area contributed by atoms with Gasteiger partial charge in [0, 0.05) is 25.2 Å². The Morgan fingerprint density at radius 2 is 1.88 bits per heavy atom. The Kier molecular flexibility index (Phi) is 8.08. The van der Waals surface area contributed by atoms with Gasteiger partial charge >= 0.3 is 0 Å². The zero-order chi connectivity index (χ0) is 22.9. The zero-order valence-corrected chi connectivity index (χ0v) is 18.5. The van der Waals surface area contributed by atoms with E-state index in [0.717, 1.165) is 5.75 Å². The molecule has 8 nitrogen and oxygen atoms in total. The Bertz CT molecular complexity index is 944. The predicted molar refractivity (Wildman–Crippen MR) is 122 cm³/mol. The minimum Gasteiger partial charge on any atom is -0.494 e. The maximum atomic E-state index is 12.6. The van der Waals surface area contributed by atoms with Gasteiger partial charge in [-0.2, -0.15) is 0 Å². The van der Waals surface area contributed by atoms with Crippen molar-refractivity contribution in [3.8, 4) is 11.5 Å². The standard InChI is InChI=1S/C24H29N3O5/c1-3-26(4-2)23(29)16-27-20-15-18(12-13-21(20)32-17-24(27)30)25-22(28)11-8-14-31-19-9-6-5-7-10-19/h5-7,9-10,12-13,15H,3-4,8,11,14,16-17H2,1-2H3,(H,25,28). The number of anilines is 2. The second-order valence-corrected chi connectivity index (χ2v) is 7.33. The highest BCUT2D eigenvalue weighted by atomic mass is 16.5. The monoisotopic (exact) mass is 439 g/mol. The van der Waals surface area contributed by atoms with Crippen LogP contribution < -0.4 is 19.7 Å². The molecule has 0 spiro atoms. The SMILES string of the molecule is CCN(CC)C(=O)CN1C(=O)COc2ccc(NC(=O)CCCOc3ccccc3)cc21. The maximum Gasteiger partial charge on any atom is 0.265 e. The molecule has 170 valence electrons. The minimum atomic E-state index is -0.292. The van der Waals surface area contributed by atoms with Crippen molar-refractivity contribution in [2.75, 3.05) is 43.1 Å². The molecule has 0 saturated heterocycles. The number of benzene rings is 2. The second-order valence-electron chi connectivity index (χ2n) is 7.33.